The molecular weight excluding hydrogens is 459 g/mol. The molecule has 0 unspecified atom stereocenters. The van der Waals surface area contributed by atoms with Gasteiger partial charge in [0, 0.05) is 0 Å². The van der Waals surface area contributed by atoms with Crippen LogP contribution in [-0.4, -0.2) is 8.42 Å². The zero-order valence-electron chi connectivity index (χ0n) is 12.1. The van der Waals surface area contributed by atoms with E-state index in [4.69, 9.17) is 23.2 Å². The smallest absolute Gasteiger partial charge is 0.372 e. The number of rotatable bonds is 3. The van der Waals surface area contributed by atoms with E-state index in [-0.39, 0.29) is 12.1 Å². The maximum absolute atomic E-state index is 13.5. The molecule has 27 heavy (non-hydrogen) atoms. The third-order valence-corrected chi connectivity index (χ3v) is 5.08. The first-order valence-electron chi connectivity index (χ1n) is 6.20. The van der Waals surface area contributed by atoms with Crippen molar-refractivity contribution in [3.05, 3.63) is 56.8 Å². The average molecular weight is 461 g/mol. The molecule has 0 saturated carbocycles. The predicted octanol–water partition coefficient (Wildman–Crippen LogP) is 5.48. The summed E-state index contributed by atoms with van der Waals surface area (Å²) >= 11 is 10.8. The fourth-order valence-corrected chi connectivity index (χ4v) is 3.87. The Balaban J connectivity index is 2.63. The second kappa shape index (κ2) is 6.99. The third-order valence-electron chi connectivity index (χ3n) is 2.94. The second-order valence-electron chi connectivity index (χ2n) is 4.70. The van der Waals surface area contributed by atoms with E-state index in [1.54, 1.807) is 0 Å². The second-order valence-corrected chi connectivity index (χ2v) is 7.00. The van der Waals surface area contributed by atoms with E-state index in [1.165, 1.54) is 0 Å². The highest BCUT2D eigenvalue weighted by atomic mass is 35.5. The Kier molecular flexibility index (Phi) is 5.56. The molecule has 3 nitrogen and oxygen atoms in total. The van der Waals surface area contributed by atoms with Crippen molar-refractivity contribution < 1.29 is 47.7 Å². The highest BCUT2D eigenvalue weighted by molar-refractivity contribution is 7.87. The highest BCUT2D eigenvalue weighted by Gasteiger charge is 2.36. The first-order chi connectivity index (χ1) is 12.2. The Morgan fingerprint density at radius 2 is 1.15 bits per heavy atom. The molecule has 0 atom stereocenters. The van der Waals surface area contributed by atoms with Gasteiger partial charge in [0.15, 0.2) is 0 Å². The van der Waals surface area contributed by atoms with Crippen LogP contribution in [0.2, 0.25) is 10.0 Å². The molecule has 0 spiro atoms. The Morgan fingerprint density at radius 3 is 1.52 bits per heavy atom. The summed E-state index contributed by atoms with van der Waals surface area (Å²) in [5.41, 5.74) is -1.47. The van der Waals surface area contributed by atoms with E-state index in [0.29, 0.717) is 0 Å². The lowest BCUT2D eigenvalue weighted by Gasteiger charge is -2.14. The summed E-state index contributed by atoms with van der Waals surface area (Å²) in [6.45, 7) is 0. The maximum atomic E-state index is 13.5. The molecule has 2 rings (SSSR count). The van der Waals surface area contributed by atoms with Gasteiger partial charge in [0.25, 0.3) is 0 Å². The van der Waals surface area contributed by atoms with Gasteiger partial charge < -0.3 is 4.18 Å². The molecule has 2 aromatic rings. The summed E-state index contributed by atoms with van der Waals surface area (Å²) in [5.74, 6) is -15.1. The van der Waals surface area contributed by atoms with E-state index in [1.807, 2.05) is 0 Å². The summed E-state index contributed by atoms with van der Waals surface area (Å²) < 4.78 is 132. The van der Waals surface area contributed by atoms with Gasteiger partial charge in [-0.15, -0.1) is 0 Å². The largest absolute Gasteiger partial charge is 0.416 e. The van der Waals surface area contributed by atoms with Gasteiger partial charge in [-0.3, -0.25) is 0 Å². The van der Waals surface area contributed by atoms with Crippen molar-refractivity contribution in [2.45, 2.75) is 11.1 Å². The molecule has 0 aliphatic heterocycles. The van der Waals surface area contributed by atoms with Crippen LogP contribution in [0.25, 0.3) is 0 Å². The molecule has 14 heteroatoms. The van der Waals surface area contributed by atoms with Crippen LogP contribution >= 0.6 is 23.2 Å². The van der Waals surface area contributed by atoms with Gasteiger partial charge in [-0.05, 0) is 12.1 Å². The maximum Gasteiger partial charge on any atom is 0.416 e. The monoisotopic (exact) mass is 460 g/mol. The molecule has 2 aromatic carbocycles. The van der Waals surface area contributed by atoms with Gasteiger partial charge in [-0.1, -0.05) is 23.2 Å². The number of benzene rings is 2. The summed E-state index contributed by atoms with van der Waals surface area (Å²) in [6.07, 6.45) is -4.97. The van der Waals surface area contributed by atoms with Crippen LogP contribution in [0.3, 0.4) is 0 Å². The van der Waals surface area contributed by atoms with Crippen LogP contribution in [0, 0.1) is 29.1 Å². The number of hydrogen-bond acceptors (Lipinski definition) is 3. The number of hydrogen-bond donors (Lipinski definition) is 0. The Labute approximate surface area is 155 Å². The Hall–Kier alpha value is -1.79. The molecule has 0 heterocycles. The van der Waals surface area contributed by atoms with E-state index >= 15 is 0 Å². The summed E-state index contributed by atoms with van der Waals surface area (Å²) in [4.78, 5) is -1.37. The normalized spacial score (nSPS) is 12.4. The molecule has 0 saturated heterocycles. The van der Waals surface area contributed by atoms with Gasteiger partial charge in [-0.25, -0.2) is 13.2 Å². The predicted molar refractivity (Wildman–Crippen MR) is 75.5 cm³/mol. The summed E-state index contributed by atoms with van der Waals surface area (Å²) in [7, 11) is -5.50. The average Bonchev–Trinajstić information content (AvgIpc) is 2.53. The lowest BCUT2D eigenvalue weighted by atomic mass is 10.2. The van der Waals surface area contributed by atoms with Crippen LogP contribution in [0.4, 0.5) is 35.1 Å². The van der Waals surface area contributed by atoms with Crippen molar-refractivity contribution in [2.24, 2.45) is 0 Å². The Morgan fingerprint density at radius 1 is 0.778 bits per heavy atom. The number of alkyl halides is 3. The fraction of sp³-hybridized carbons (Fsp3) is 0.0769. The topological polar surface area (TPSA) is 43.4 Å². The molecule has 0 aromatic heterocycles. The number of halogens is 10. The van der Waals surface area contributed by atoms with Gasteiger partial charge >= 0.3 is 16.3 Å². The van der Waals surface area contributed by atoms with Gasteiger partial charge in [0.1, 0.15) is 4.90 Å². The van der Waals surface area contributed by atoms with Gasteiger partial charge in [0.2, 0.25) is 34.8 Å². The zero-order valence-corrected chi connectivity index (χ0v) is 14.4. The van der Waals surface area contributed by atoms with Crippen molar-refractivity contribution in [3.63, 3.8) is 0 Å². The quantitative estimate of drug-likeness (QED) is 0.264. The molecule has 148 valence electrons. The Bertz CT molecular complexity index is 985. The van der Waals surface area contributed by atoms with E-state index in [0.717, 1.165) is 0 Å². The summed E-state index contributed by atoms with van der Waals surface area (Å²) in [5, 5.41) is -2.34. The van der Waals surface area contributed by atoms with Crippen LogP contribution in [-0.2, 0) is 16.3 Å². The molecule has 0 fully saturated rings. The molecular formula is C13H2Cl2F8O3S. The van der Waals surface area contributed by atoms with Crippen molar-refractivity contribution in [1.82, 2.24) is 0 Å². The van der Waals surface area contributed by atoms with E-state index in [2.05, 4.69) is 4.18 Å². The molecule has 0 N–H and O–H groups in total. The molecule has 0 aliphatic rings. The molecule has 0 bridgehead atoms. The summed E-state index contributed by atoms with van der Waals surface area (Å²) in [6, 6.07) is 0.227. The zero-order chi connectivity index (χ0) is 20.9. The molecule has 0 amide bonds. The van der Waals surface area contributed by atoms with Crippen molar-refractivity contribution in [1.29, 1.82) is 0 Å². The first-order valence-corrected chi connectivity index (χ1v) is 8.37. The minimum atomic E-state index is -5.50. The van der Waals surface area contributed by atoms with Crippen LogP contribution < -0.4 is 4.18 Å². The standard InChI is InChI=1S/C13H2Cl2F8O3S/c14-4-1-3(13(21,22)23)2-5(15)12(4)27(24,25)26-11-9(19)7(17)6(16)8(18)10(11)20/h1-2H. The van der Waals surface area contributed by atoms with Gasteiger partial charge in [-0.2, -0.15) is 30.4 Å². The van der Waals surface area contributed by atoms with Crippen LogP contribution in [0.15, 0.2) is 17.0 Å². The van der Waals surface area contributed by atoms with Gasteiger partial charge in [0.05, 0.1) is 15.6 Å². The molecule has 0 radical (unpaired) electrons. The highest BCUT2D eigenvalue weighted by Crippen LogP contribution is 2.39. The molecule has 0 aliphatic carbocycles. The SMILES string of the molecule is O=S(=O)(Oc1c(F)c(F)c(F)c(F)c1F)c1c(Cl)cc(C(F)(F)F)cc1Cl. The van der Waals surface area contributed by atoms with Crippen molar-refractivity contribution in [3.8, 4) is 5.75 Å². The minimum absolute atomic E-state index is 0.113. The van der Waals surface area contributed by atoms with E-state index < -0.39 is 71.6 Å². The minimum Gasteiger partial charge on any atom is -0.372 e. The third kappa shape index (κ3) is 3.92. The lowest BCUT2D eigenvalue weighted by molar-refractivity contribution is -0.137. The fourth-order valence-electron chi connectivity index (χ4n) is 1.77. The van der Waals surface area contributed by atoms with Crippen molar-refractivity contribution in [2.75, 3.05) is 0 Å². The van der Waals surface area contributed by atoms with E-state index in [9.17, 15) is 43.5 Å². The van der Waals surface area contributed by atoms with Crippen molar-refractivity contribution >= 4 is 33.3 Å². The van der Waals surface area contributed by atoms with Crippen LogP contribution in [0.1, 0.15) is 5.56 Å². The first kappa shape index (κ1) is 21.5. The lowest BCUT2D eigenvalue weighted by Crippen LogP contribution is -2.16. The van der Waals surface area contributed by atoms with Crippen LogP contribution in [0.5, 0.6) is 5.75 Å².